The van der Waals surface area contributed by atoms with E-state index in [-0.39, 0.29) is 5.69 Å². The van der Waals surface area contributed by atoms with Crippen LogP contribution in [-0.4, -0.2) is 6.54 Å². The molecule has 0 bridgehead atoms. The maximum atomic E-state index is 13.1. The average molecular weight is 197 g/mol. The molecule has 1 N–H and O–H groups in total. The van der Waals surface area contributed by atoms with E-state index in [1.807, 2.05) is 19.9 Å². The summed E-state index contributed by atoms with van der Waals surface area (Å²) in [5.74, 6) is -1.13. The monoisotopic (exact) mass is 197 g/mol. The number of hydrogen-bond acceptors (Lipinski definition) is 1. The fraction of sp³-hybridized carbons (Fsp3) is 0.273. The number of allylic oxidation sites excluding steroid dienone is 1. The highest BCUT2D eigenvalue weighted by Crippen LogP contribution is 2.17. The second kappa shape index (κ2) is 4.74. The highest BCUT2D eigenvalue weighted by atomic mass is 19.1. The van der Waals surface area contributed by atoms with E-state index in [0.717, 1.165) is 5.57 Å². The van der Waals surface area contributed by atoms with Gasteiger partial charge in [0.25, 0.3) is 0 Å². The Balaban J connectivity index is 2.71. The normalized spacial score (nSPS) is 9.71. The molecule has 0 aliphatic rings. The van der Waals surface area contributed by atoms with Crippen molar-refractivity contribution >= 4 is 5.69 Å². The molecular weight excluding hydrogens is 184 g/mol. The van der Waals surface area contributed by atoms with Crippen LogP contribution >= 0.6 is 0 Å². The lowest BCUT2D eigenvalue weighted by Crippen LogP contribution is -2.03. The third kappa shape index (κ3) is 2.83. The average Bonchev–Trinajstić information content (AvgIpc) is 2.09. The van der Waals surface area contributed by atoms with Gasteiger partial charge in [-0.2, -0.15) is 0 Å². The van der Waals surface area contributed by atoms with E-state index in [1.54, 1.807) is 0 Å². The lowest BCUT2D eigenvalue weighted by molar-refractivity contribution is 0.589. The summed E-state index contributed by atoms with van der Waals surface area (Å²) < 4.78 is 26.1. The van der Waals surface area contributed by atoms with Crippen LogP contribution in [0.3, 0.4) is 0 Å². The number of halogens is 2. The van der Waals surface area contributed by atoms with Gasteiger partial charge in [0.2, 0.25) is 0 Å². The molecule has 0 aliphatic heterocycles. The van der Waals surface area contributed by atoms with Gasteiger partial charge in [0.1, 0.15) is 17.3 Å². The van der Waals surface area contributed by atoms with Gasteiger partial charge in [-0.15, -0.1) is 0 Å². The molecule has 0 saturated carbocycles. The molecule has 3 heteroatoms. The highest BCUT2D eigenvalue weighted by molar-refractivity contribution is 5.46. The Labute approximate surface area is 82.4 Å². The smallest absolute Gasteiger partial charge is 0.149 e. The molecule has 1 aromatic rings. The Morgan fingerprint density at radius 3 is 2.36 bits per heavy atom. The Bertz CT molecular complexity index is 321. The predicted octanol–water partition coefficient (Wildman–Crippen LogP) is 3.34. The van der Waals surface area contributed by atoms with Crippen LogP contribution in [0.25, 0.3) is 0 Å². The zero-order chi connectivity index (χ0) is 10.6. The van der Waals surface area contributed by atoms with Gasteiger partial charge in [0.05, 0.1) is 0 Å². The molecule has 0 aliphatic carbocycles. The molecule has 0 saturated heterocycles. The van der Waals surface area contributed by atoms with E-state index >= 15 is 0 Å². The minimum absolute atomic E-state index is 0.0648. The number of rotatable bonds is 3. The zero-order valence-electron chi connectivity index (χ0n) is 8.27. The maximum absolute atomic E-state index is 13.1. The second-order valence-corrected chi connectivity index (χ2v) is 3.26. The first kappa shape index (κ1) is 10.7. The number of benzene rings is 1. The van der Waals surface area contributed by atoms with Crippen molar-refractivity contribution in [2.45, 2.75) is 13.8 Å². The molecule has 1 nitrogen and oxygen atoms in total. The van der Waals surface area contributed by atoms with Crippen molar-refractivity contribution in [3.05, 3.63) is 41.5 Å². The molecule has 1 aromatic carbocycles. The summed E-state index contributed by atoms with van der Waals surface area (Å²) in [4.78, 5) is 0. The summed E-state index contributed by atoms with van der Waals surface area (Å²) in [5.41, 5.74) is 1.04. The van der Waals surface area contributed by atoms with Crippen molar-refractivity contribution in [1.29, 1.82) is 0 Å². The number of para-hydroxylation sites is 1. The first-order chi connectivity index (χ1) is 6.61. The van der Waals surface area contributed by atoms with Crippen molar-refractivity contribution in [2.24, 2.45) is 0 Å². The Hall–Kier alpha value is -1.38. The first-order valence-electron chi connectivity index (χ1n) is 4.42. The summed E-state index contributed by atoms with van der Waals surface area (Å²) in [6.45, 7) is 4.29. The first-order valence-corrected chi connectivity index (χ1v) is 4.42. The molecule has 0 spiro atoms. The minimum atomic E-state index is -0.563. The third-order valence-electron chi connectivity index (χ3n) is 1.75. The summed E-state index contributed by atoms with van der Waals surface area (Å²) in [6.07, 6.45) is 1.87. The highest BCUT2D eigenvalue weighted by Gasteiger charge is 2.05. The van der Waals surface area contributed by atoms with Crippen LogP contribution in [0.2, 0.25) is 0 Å². The van der Waals surface area contributed by atoms with Gasteiger partial charge in [0.15, 0.2) is 0 Å². The summed E-state index contributed by atoms with van der Waals surface area (Å²) >= 11 is 0. The SMILES string of the molecule is CC(C)=CCNc1c(F)cccc1F. The van der Waals surface area contributed by atoms with Crippen LogP contribution in [0.5, 0.6) is 0 Å². The second-order valence-electron chi connectivity index (χ2n) is 3.26. The molecule has 0 heterocycles. The molecular formula is C11H13F2N. The minimum Gasteiger partial charge on any atom is -0.377 e. The quantitative estimate of drug-likeness (QED) is 0.733. The topological polar surface area (TPSA) is 12.0 Å². The van der Waals surface area contributed by atoms with Gasteiger partial charge in [0, 0.05) is 6.54 Å². The van der Waals surface area contributed by atoms with Gasteiger partial charge in [-0.3, -0.25) is 0 Å². The fourth-order valence-electron chi connectivity index (χ4n) is 1.02. The summed E-state index contributed by atoms with van der Waals surface area (Å²) in [6, 6.07) is 3.80. The molecule has 76 valence electrons. The van der Waals surface area contributed by atoms with Crippen molar-refractivity contribution in [3.63, 3.8) is 0 Å². The molecule has 0 radical (unpaired) electrons. The van der Waals surface area contributed by atoms with Gasteiger partial charge in [-0.25, -0.2) is 8.78 Å². The molecule has 0 unspecified atom stereocenters. The molecule has 0 aromatic heterocycles. The van der Waals surface area contributed by atoms with Gasteiger partial charge < -0.3 is 5.32 Å². The van der Waals surface area contributed by atoms with Crippen LogP contribution in [0.15, 0.2) is 29.8 Å². The van der Waals surface area contributed by atoms with E-state index < -0.39 is 11.6 Å². The number of hydrogen-bond donors (Lipinski definition) is 1. The molecule has 0 atom stereocenters. The number of nitrogens with one attached hydrogen (secondary N) is 1. The van der Waals surface area contributed by atoms with Gasteiger partial charge >= 0.3 is 0 Å². The predicted molar refractivity (Wildman–Crippen MR) is 54.3 cm³/mol. The lowest BCUT2D eigenvalue weighted by Gasteiger charge is -2.05. The van der Waals surface area contributed by atoms with Gasteiger partial charge in [-0.05, 0) is 26.0 Å². The maximum Gasteiger partial charge on any atom is 0.149 e. The van der Waals surface area contributed by atoms with Crippen molar-refractivity contribution < 1.29 is 8.78 Å². The molecule has 0 amide bonds. The largest absolute Gasteiger partial charge is 0.377 e. The molecule has 14 heavy (non-hydrogen) atoms. The number of anilines is 1. The Morgan fingerprint density at radius 2 is 1.86 bits per heavy atom. The van der Waals surface area contributed by atoms with Crippen LogP contribution in [0, 0.1) is 11.6 Å². The van der Waals surface area contributed by atoms with Crippen molar-refractivity contribution in [1.82, 2.24) is 0 Å². The van der Waals surface area contributed by atoms with Crippen LogP contribution in [0.1, 0.15) is 13.8 Å². The molecule has 0 fully saturated rings. The van der Waals surface area contributed by atoms with E-state index in [2.05, 4.69) is 5.32 Å². The lowest BCUT2D eigenvalue weighted by atomic mass is 10.2. The van der Waals surface area contributed by atoms with Crippen LogP contribution < -0.4 is 5.32 Å². The van der Waals surface area contributed by atoms with Crippen LogP contribution in [-0.2, 0) is 0 Å². The van der Waals surface area contributed by atoms with Gasteiger partial charge in [-0.1, -0.05) is 17.7 Å². The fourth-order valence-corrected chi connectivity index (χ4v) is 1.02. The summed E-state index contributed by atoms with van der Waals surface area (Å²) in [7, 11) is 0. The van der Waals surface area contributed by atoms with Crippen LogP contribution in [0.4, 0.5) is 14.5 Å². The zero-order valence-corrected chi connectivity index (χ0v) is 8.27. The Morgan fingerprint density at radius 1 is 1.29 bits per heavy atom. The molecule has 1 rings (SSSR count). The summed E-state index contributed by atoms with van der Waals surface area (Å²) in [5, 5.41) is 2.69. The van der Waals surface area contributed by atoms with E-state index in [0.29, 0.717) is 6.54 Å². The third-order valence-corrected chi connectivity index (χ3v) is 1.75. The van der Waals surface area contributed by atoms with E-state index in [4.69, 9.17) is 0 Å². The van der Waals surface area contributed by atoms with E-state index in [1.165, 1.54) is 18.2 Å². The van der Waals surface area contributed by atoms with Crippen molar-refractivity contribution in [2.75, 3.05) is 11.9 Å². The standard InChI is InChI=1S/C11H13F2N/c1-8(2)6-7-14-11-9(12)4-3-5-10(11)13/h3-6,14H,7H2,1-2H3. The van der Waals surface area contributed by atoms with E-state index in [9.17, 15) is 8.78 Å². The van der Waals surface area contributed by atoms with Crippen molar-refractivity contribution in [3.8, 4) is 0 Å². The Kier molecular flexibility index (Phi) is 3.63.